The zero-order valence-electron chi connectivity index (χ0n) is 16.8. The SMILES string of the molecule is O=C(Nc1ccnn1Cc1ccc(Cl)cc1Cl)C1CC(=O)N(c2ccc3c(c2)OCO3)C1. The lowest BCUT2D eigenvalue weighted by Crippen LogP contribution is -2.28. The molecule has 5 rings (SSSR count). The van der Waals surface area contributed by atoms with Crippen molar-refractivity contribution >= 4 is 46.5 Å². The van der Waals surface area contributed by atoms with Crippen molar-refractivity contribution in [3.63, 3.8) is 0 Å². The Kier molecular flexibility index (Phi) is 5.40. The fourth-order valence-electron chi connectivity index (χ4n) is 3.79. The molecule has 2 aliphatic rings. The van der Waals surface area contributed by atoms with Crippen LogP contribution in [0.1, 0.15) is 12.0 Å². The van der Waals surface area contributed by atoms with E-state index in [2.05, 4.69) is 10.4 Å². The van der Waals surface area contributed by atoms with Gasteiger partial charge in [0.05, 0.1) is 18.7 Å². The Bertz CT molecular complexity index is 1210. The fourth-order valence-corrected chi connectivity index (χ4v) is 4.26. The highest BCUT2D eigenvalue weighted by Crippen LogP contribution is 2.37. The number of hydrogen-bond donors (Lipinski definition) is 1. The highest BCUT2D eigenvalue weighted by atomic mass is 35.5. The van der Waals surface area contributed by atoms with E-state index in [1.807, 2.05) is 6.07 Å². The number of ether oxygens (including phenoxy) is 2. The van der Waals surface area contributed by atoms with Gasteiger partial charge in [0.1, 0.15) is 5.82 Å². The Morgan fingerprint density at radius 1 is 1.12 bits per heavy atom. The van der Waals surface area contributed by atoms with Crippen molar-refractivity contribution < 1.29 is 19.1 Å². The molecule has 2 amide bonds. The molecule has 1 N–H and O–H groups in total. The van der Waals surface area contributed by atoms with Gasteiger partial charge in [0.15, 0.2) is 11.5 Å². The molecule has 0 aliphatic carbocycles. The van der Waals surface area contributed by atoms with Gasteiger partial charge in [0, 0.05) is 40.8 Å². The largest absolute Gasteiger partial charge is 0.454 e. The summed E-state index contributed by atoms with van der Waals surface area (Å²) in [5.41, 5.74) is 1.50. The van der Waals surface area contributed by atoms with Gasteiger partial charge in [-0.3, -0.25) is 9.59 Å². The molecular formula is C22H18Cl2N4O4. The molecule has 1 atom stereocenters. The molecule has 32 heavy (non-hydrogen) atoms. The van der Waals surface area contributed by atoms with E-state index in [0.29, 0.717) is 39.6 Å². The van der Waals surface area contributed by atoms with Crippen molar-refractivity contribution in [2.45, 2.75) is 13.0 Å². The van der Waals surface area contributed by atoms with E-state index < -0.39 is 5.92 Å². The molecule has 0 bridgehead atoms. The minimum Gasteiger partial charge on any atom is -0.454 e. The van der Waals surface area contributed by atoms with Crippen molar-refractivity contribution in [2.75, 3.05) is 23.6 Å². The first-order valence-corrected chi connectivity index (χ1v) is 10.7. The molecule has 10 heteroatoms. The first-order chi connectivity index (χ1) is 15.5. The van der Waals surface area contributed by atoms with E-state index in [9.17, 15) is 9.59 Å². The van der Waals surface area contributed by atoms with Gasteiger partial charge in [0.2, 0.25) is 18.6 Å². The maximum Gasteiger partial charge on any atom is 0.231 e. The van der Waals surface area contributed by atoms with Gasteiger partial charge < -0.3 is 19.7 Å². The van der Waals surface area contributed by atoms with E-state index in [4.69, 9.17) is 32.7 Å². The van der Waals surface area contributed by atoms with Crippen LogP contribution in [0.5, 0.6) is 11.5 Å². The second-order valence-corrected chi connectivity index (χ2v) is 8.39. The molecule has 1 aromatic heterocycles. The van der Waals surface area contributed by atoms with Crippen molar-refractivity contribution in [3.8, 4) is 11.5 Å². The van der Waals surface area contributed by atoms with E-state index >= 15 is 0 Å². The van der Waals surface area contributed by atoms with E-state index in [1.54, 1.807) is 52.2 Å². The molecule has 1 saturated heterocycles. The molecule has 3 aromatic rings. The van der Waals surface area contributed by atoms with Gasteiger partial charge in [0.25, 0.3) is 0 Å². The number of benzene rings is 2. The van der Waals surface area contributed by atoms with Crippen LogP contribution in [0.25, 0.3) is 0 Å². The molecule has 0 spiro atoms. The Hall–Kier alpha value is -3.23. The predicted molar refractivity (Wildman–Crippen MR) is 119 cm³/mol. The van der Waals surface area contributed by atoms with Crippen molar-refractivity contribution in [1.82, 2.24) is 9.78 Å². The van der Waals surface area contributed by atoms with Crippen molar-refractivity contribution in [3.05, 3.63) is 64.3 Å². The quantitative estimate of drug-likeness (QED) is 0.607. The van der Waals surface area contributed by atoms with E-state index in [0.717, 1.165) is 5.56 Å². The molecule has 1 fully saturated rings. The van der Waals surface area contributed by atoms with Crippen LogP contribution in [0.15, 0.2) is 48.7 Å². The molecule has 0 saturated carbocycles. The average molecular weight is 473 g/mol. The summed E-state index contributed by atoms with van der Waals surface area (Å²) < 4.78 is 12.3. The third-order valence-corrected chi connectivity index (χ3v) is 6.05. The first-order valence-electron chi connectivity index (χ1n) is 9.94. The average Bonchev–Trinajstić information content (AvgIpc) is 3.49. The molecule has 0 radical (unpaired) electrons. The van der Waals surface area contributed by atoms with Gasteiger partial charge in [-0.25, -0.2) is 4.68 Å². The number of anilines is 2. The molecule has 8 nitrogen and oxygen atoms in total. The first kappa shape index (κ1) is 20.7. The highest BCUT2D eigenvalue weighted by molar-refractivity contribution is 6.35. The van der Waals surface area contributed by atoms with Crippen LogP contribution < -0.4 is 19.7 Å². The number of hydrogen-bond acceptors (Lipinski definition) is 5. The molecule has 1 unspecified atom stereocenters. The molecular weight excluding hydrogens is 455 g/mol. The summed E-state index contributed by atoms with van der Waals surface area (Å²) in [6, 6.07) is 12.2. The smallest absolute Gasteiger partial charge is 0.231 e. The Morgan fingerprint density at radius 2 is 1.97 bits per heavy atom. The summed E-state index contributed by atoms with van der Waals surface area (Å²) in [6.07, 6.45) is 1.72. The Balaban J connectivity index is 1.27. The lowest BCUT2D eigenvalue weighted by molar-refractivity contribution is -0.122. The standard InChI is InChI=1S/C22H18Cl2N4O4/c23-15-2-1-13(17(24)8-15)11-28-20(5-6-25-28)26-22(30)14-7-21(29)27(10-14)16-3-4-18-19(9-16)32-12-31-18/h1-6,8-9,14H,7,10-12H2,(H,26,30). The normalized spacial score (nSPS) is 17.1. The Morgan fingerprint density at radius 3 is 2.81 bits per heavy atom. The summed E-state index contributed by atoms with van der Waals surface area (Å²) >= 11 is 12.2. The number of nitrogens with zero attached hydrogens (tertiary/aromatic N) is 3. The highest BCUT2D eigenvalue weighted by Gasteiger charge is 2.36. The number of halogens is 2. The van der Waals surface area contributed by atoms with Gasteiger partial charge in [-0.05, 0) is 29.8 Å². The van der Waals surface area contributed by atoms with Gasteiger partial charge >= 0.3 is 0 Å². The van der Waals surface area contributed by atoms with Gasteiger partial charge in [-0.15, -0.1) is 0 Å². The second-order valence-electron chi connectivity index (χ2n) is 7.54. The third-order valence-electron chi connectivity index (χ3n) is 5.47. The second kappa shape index (κ2) is 8.37. The van der Waals surface area contributed by atoms with Crippen LogP contribution in [0.2, 0.25) is 10.0 Å². The van der Waals surface area contributed by atoms with Crippen LogP contribution in [0.3, 0.4) is 0 Å². The van der Waals surface area contributed by atoms with Crippen LogP contribution in [0, 0.1) is 5.92 Å². The van der Waals surface area contributed by atoms with Crippen LogP contribution in [0.4, 0.5) is 11.5 Å². The third kappa shape index (κ3) is 3.99. The lowest BCUT2D eigenvalue weighted by atomic mass is 10.1. The molecule has 3 heterocycles. The number of fused-ring (bicyclic) bond motifs is 1. The topological polar surface area (TPSA) is 85.7 Å². The zero-order valence-corrected chi connectivity index (χ0v) is 18.3. The maximum absolute atomic E-state index is 12.9. The number of rotatable bonds is 5. The number of carbonyl (C=O) groups is 2. The van der Waals surface area contributed by atoms with Crippen molar-refractivity contribution in [1.29, 1.82) is 0 Å². The number of aromatic nitrogens is 2. The summed E-state index contributed by atoms with van der Waals surface area (Å²) in [7, 11) is 0. The minimum atomic E-state index is -0.490. The summed E-state index contributed by atoms with van der Waals surface area (Å²) in [6.45, 7) is 0.805. The van der Waals surface area contributed by atoms with Gasteiger partial charge in [-0.2, -0.15) is 5.10 Å². The Labute approximate surface area is 193 Å². The maximum atomic E-state index is 12.9. The number of carbonyl (C=O) groups excluding carboxylic acids is 2. The molecule has 164 valence electrons. The predicted octanol–water partition coefficient (Wildman–Crippen LogP) is 3.96. The number of amides is 2. The summed E-state index contributed by atoms with van der Waals surface area (Å²) in [4.78, 5) is 27.1. The fraction of sp³-hybridized carbons (Fsp3) is 0.227. The van der Waals surface area contributed by atoms with Crippen molar-refractivity contribution in [2.24, 2.45) is 5.92 Å². The number of nitrogens with one attached hydrogen (secondary N) is 1. The van der Waals surface area contributed by atoms with Gasteiger partial charge in [-0.1, -0.05) is 29.3 Å². The minimum absolute atomic E-state index is 0.120. The van der Waals surface area contributed by atoms with Crippen LogP contribution in [-0.4, -0.2) is 34.9 Å². The van der Waals surface area contributed by atoms with E-state index in [1.165, 1.54) is 0 Å². The summed E-state index contributed by atoms with van der Waals surface area (Å²) in [5, 5.41) is 8.23. The zero-order chi connectivity index (χ0) is 22.2. The van der Waals surface area contributed by atoms with Crippen LogP contribution in [-0.2, 0) is 16.1 Å². The van der Waals surface area contributed by atoms with Crippen LogP contribution >= 0.6 is 23.2 Å². The summed E-state index contributed by atoms with van der Waals surface area (Å²) in [5.74, 6) is 0.901. The molecule has 2 aliphatic heterocycles. The molecule has 2 aromatic carbocycles. The monoisotopic (exact) mass is 472 g/mol. The lowest BCUT2D eigenvalue weighted by Gasteiger charge is -2.17. The van der Waals surface area contributed by atoms with E-state index in [-0.39, 0.29) is 31.6 Å².